The van der Waals surface area contributed by atoms with Gasteiger partial charge in [0.05, 0.1) is 5.69 Å². The van der Waals surface area contributed by atoms with Gasteiger partial charge in [-0.05, 0) is 26.2 Å². The molecular weight excluding hydrogens is 192 g/mol. The molecule has 1 fully saturated rings. The van der Waals surface area contributed by atoms with Gasteiger partial charge in [-0.25, -0.2) is 0 Å². The summed E-state index contributed by atoms with van der Waals surface area (Å²) in [6.07, 6.45) is 3.43. The molecule has 0 amide bonds. The van der Waals surface area contributed by atoms with Crippen molar-refractivity contribution < 1.29 is 9.26 Å². The van der Waals surface area contributed by atoms with Crippen molar-refractivity contribution in [1.82, 2.24) is 10.5 Å². The first-order chi connectivity index (χ1) is 7.34. The lowest BCUT2D eigenvalue weighted by molar-refractivity contribution is 0.142. The van der Waals surface area contributed by atoms with Gasteiger partial charge in [-0.3, -0.25) is 0 Å². The summed E-state index contributed by atoms with van der Waals surface area (Å²) in [6.45, 7) is 4.48. The van der Waals surface area contributed by atoms with Gasteiger partial charge in [0.1, 0.15) is 5.76 Å². The fraction of sp³-hybridized carbons (Fsp3) is 0.727. The van der Waals surface area contributed by atoms with Gasteiger partial charge in [0.25, 0.3) is 0 Å². The summed E-state index contributed by atoms with van der Waals surface area (Å²) in [5, 5.41) is 7.44. The minimum absolute atomic E-state index is 0.560. The SMILES string of the molecule is Cc1cc(CNC2CCCOCC2)no1. The molecule has 0 bridgehead atoms. The number of hydrogen-bond donors (Lipinski definition) is 1. The molecule has 2 heterocycles. The minimum atomic E-state index is 0.560. The van der Waals surface area contributed by atoms with Crippen molar-refractivity contribution in [1.29, 1.82) is 0 Å². The number of hydrogen-bond acceptors (Lipinski definition) is 4. The molecule has 0 aliphatic carbocycles. The predicted molar refractivity (Wildman–Crippen MR) is 56.5 cm³/mol. The van der Waals surface area contributed by atoms with E-state index in [2.05, 4.69) is 10.5 Å². The van der Waals surface area contributed by atoms with Crippen molar-refractivity contribution in [2.45, 2.75) is 38.8 Å². The van der Waals surface area contributed by atoms with E-state index in [0.717, 1.165) is 44.1 Å². The molecule has 1 aromatic heterocycles. The van der Waals surface area contributed by atoms with E-state index >= 15 is 0 Å². The lowest BCUT2D eigenvalue weighted by Crippen LogP contribution is -2.28. The molecule has 1 saturated heterocycles. The number of aryl methyl sites for hydroxylation is 1. The third kappa shape index (κ3) is 3.32. The Balaban J connectivity index is 1.76. The summed E-state index contributed by atoms with van der Waals surface area (Å²) < 4.78 is 10.4. The molecule has 0 spiro atoms. The Hall–Kier alpha value is -0.870. The van der Waals surface area contributed by atoms with Gasteiger partial charge >= 0.3 is 0 Å². The molecular formula is C11H18N2O2. The van der Waals surface area contributed by atoms with Gasteiger partial charge in [0.2, 0.25) is 0 Å². The minimum Gasteiger partial charge on any atom is -0.381 e. The zero-order chi connectivity index (χ0) is 10.5. The van der Waals surface area contributed by atoms with E-state index in [1.54, 1.807) is 0 Å². The zero-order valence-corrected chi connectivity index (χ0v) is 9.16. The maximum Gasteiger partial charge on any atom is 0.133 e. The third-order valence-electron chi connectivity index (χ3n) is 2.70. The molecule has 0 saturated carbocycles. The van der Waals surface area contributed by atoms with Crippen molar-refractivity contribution >= 4 is 0 Å². The Kier molecular flexibility index (Phi) is 3.75. The maximum absolute atomic E-state index is 5.41. The highest BCUT2D eigenvalue weighted by Crippen LogP contribution is 2.09. The maximum atomic E-state index is 5.41. The lowest BCUT2D eigenvalue weighted by Gasteiger charge is -2.13. The van der Waals surface area contributed by atoms with Crippen LogP contribution in [0.1, 0.15) is 30.7 Å². The van der Waals surface area contributed by atoms with Crippen molar-refractivity contribution in [3.63, 3.8) is 0 Å². The molecule has 2 rings (SSSR count). The van der Waals surface area contributed by atoms with Crippen LogP contribution in [0.25, 0.3) is 0 Å². The van der Waals surface area contributed by atoms with Crippen LogP contribution in [0.4, 0.5) is 0 Å². The molecule has 1 aliphatic heterocycles. The van der Waals surface area contributed by atoms with Gasteiger partial charge in [-0.2, -0.15) is 0 Å². The standard InChI is InChI=1S/C11H18N2O2/c1-9-7-11(13-15-9)8-12-10-3-2-5-14-6-4-10/h7,10,12H,2-6,8H2,1H3. The van der Waals surface area contributed by atoms with Crippen LogP contribution in [-0.4, -0.2) is 24.4 Å². The molecule has 1 unspecified atom stereocenters. The van der Waals surface area contributed by atoms with Gasteiger partial charge in [0.15, 0.2) is 0 Å². The van der Waals surface area contributed by atoms with E-state index in [4.69, 9.17) is 9.26 Å². The number of aromatic nitrogens is 1. The van der Waals surface area contributed by atoms with Crippen LogP contribution >= 0.6 is 0 Å². The number of ether oxygens (including phenoxy) is 1. The second-order valence-electron chi connectivity index (χ2n) is 4.05. The molecule has 4 heteroatoms. The highest BCUT2D eigenvalue weighted by molar-refractivity contribution is 5.03. The Morgan fingerprint density at radius 2 is 2.40 bits per heavy atom. The second kappa shape index (κ2) is 5.28. The average molecular weight is 210 g/mol. The lowest BCUT2D eigenvalue weighted by atomic mass is 10.1. The van der Waals surface area contributed by atoms with Crippen LogP contribution in [0.15, 0.2) is 10.6 Å². The summed E-state index contributed by atoms with van der Waals surface area (Å²) in [4.78, 5) is 0. The first-order valence-corrected chi connectivity index (χ1v) is 5.58. The molecule has 1 N–H and O–H groups in total. The first kappa shape index (κ1) is 10.6. The van der Waals surface area contributed by atoms with E-state index in [1.807, 2.05) is 13.0 Å². The van der Waals surface area contributed by atoms with Crippen LogP contribution in [0.3, 0.4) is 0 Å². The third-order valence-corrected chi connectivity index (χ3v) is 2.70. The fourth-order valence-corrected chi connectivity index (χ4v) is 1.86. The normalized spacial score (nSPS) is 22.6. The Morgan fingerprint density at radius 3 is 3.20 bits per heavy atom. The second-order valence-corrected chi connectivity index (χ2v) is 4.05. The Bertz CT molecular complexity index is 291. The van der Waals surface area contributed by atoms with Crippen LogP contribution < -0.4 is 5.32 Å². The smallest absolute Gasteiger partial charge is 0.133 e. The van der Waals surface area contributed by atoms with Gasteiger partial charge in [-0.15, -0.1) is 0 Å². The van der Waals surface area contributed by atoms with Crippen molar-refractivity contribution in [3.05, 3.63) is 17.5 Å². The molecule has 0 radical (unpaired) electrons. The van der Waals surface area contributed by atoms with Crippen LogP contribution in [-0.2, 0) is 11.3 Å². The van der Waals surface area contributed by atoms with Gasteiger partial charge in [-0.1, -0.05) is 5.16 Å². The summed E-state index contributed by atoms with van der Waals surface area (Å²) in [5.41, 5.74) is 0.984. The molecule has 0 aromatic carbocycles. The zero-order valence-electron chi connectivity index (χ0n) is 9.16. The first-order valence-electron chi connectivity index (χ1n) is 5.58. The highest BCUT2D eigenvalue weighted by atomic mass is 16.5. The summed E-state index contributed by atoms with van der Waals surface area (Å²) >= 11 is 0. The van der Waals surface area contributed by atoms with Crippen LogP contribution in [0.2, 0.25) is 0 Å². The highest BCUT2D eigenvalue weighted by Gasteiger charge is 2.12. The van der Waals surface area contributed by atoms with Crippen molar-refractivity contribution in [2.24, 2.45) is 0 Å². The Morgan fingerprint density at radius 1 is 1.47 bits per heavy atom. The molecule has 1 aliphatic rings. The number of rotatable bonds is 3. The molecule has 1 atom stereocenters. The van der Waals surface area contributed by atoms with Gasteiger partial charge < -0.3 is 14.6 Å². The topological polar surface area (TPSA) is 47.3 Å². The summed E-state index contributed by atoms with van der Waals surface area (Å²) in [7, 11) is 0. The average Bonchev–Trinajstić information content (AvgIpc) is 2.52. The quantitative estimate of drug-likeness (QED) is 0.824. The fourth-order valence-electron chi connectivity index (χ4n) is 1.86. The van der Waals surface area contributed by atoms with Crippen molar-refractivity contribution in [3.8, 4) is 0 Å². The molecule has 15 heavy (non-hydrogen) atoms. The van der Waals surface area contributed by atoms with E-state index < -0.39 is 0 Å². The molecule has 84 valence electrons. The van der Waals surface area contributed by atoms with E-state index in [-0.39, 0.29) is 0 Å². The Labute approximate surface area is 90.0 Å². The number of nitrogens with zero attached hydrogens (tertiary/aromatic N) is 1. The number of nitrogens with one attached hydrogen (secondary N) is 1. The van der Waals surface area contributed by atoms with Crippen LogP contribution in [0, 0.1) is 6.92 Å². The van der Waals surface area contributed by atoms with Crippen molar-refractivity contribution in [2.75, 3.05) is 13.2 Å². The van der Waals surface area contributed by atoms with Crippen LogP contribution in [0.5, 0.6) is 0 Å². The van der Waals surface area contributed by atoms with E-state index in [0.29, 0.717) is 6.04 Å². The molecule has 4 nitrogen and oxygen atoms in total. The largest absolute Gasteiger partial charge is 0.381 e. The van der Waals surface area contributed by atoms with E-state index in [1.165, 1.54) is 6.42 Å². The monoisotopic (exact) mass is 210 g/mol. The summed E-state index contributed by atoms with van der Waals surface area (Å²) in [6, 6.07) is 2.53. The molecule has 1 aromatic rings. The van der Waals surface area contributed by atoms with Gasteiger partial charge in [0, 0.05) is 31.9 Å². The summed E-state index contributed by atoms with van der Waals surface area (Å²) in [5.74, 6) is 0.871. The van der Waals surface area contributed by atoms with E-state index in [9.17, 15) is 0 Å². The predicted octanol–water partition coefficient (Wildman–Crippen LogP) is 1.64.